The van der Waals surface area contributed by atoms with Crippen LogP contribution in [0.1, 0.15) is 51.4 Å². The molecule has 4 rings (SSSR count). The van der Waals surface area contributed by atoms with Crippen molar-refractivity contribution in [3.63, 3.8) is 0 Å². The molecule has 2 aliphatic heterocycles. The van der Waals surface area contributed by atoms with Gasteiger partial charge in [0.2, 0.25) is 5.91 Å². The van der Waals surface area contributed by atoms with E-state index in [2.05, 4.69) is 20.2 Å². The van der Waals surface area contributed by atoms with Crippen molar-refractivity contribution in [3.8, 4) is 0 Å². The standard InChI is InChI=1S/C20H30N4O2.C2HF3O2/c25-19(16-3-1-2-4-16)22-13-17-5-7-20(14-26-17)8-11-24(12-9-20)18-6-10-21-15-23-18;3-2(4,5)1(6)7/h6,10,15-17H,1-5,7-9,11-14H2,(H,22,25);(H,6,7). The largest absolute Gasteiger partial charge is 0.490 e. The summed E-state index contributed by atoms with van der Waals surface area (Å²) in [5.41, 5.74) is 0.315. The van der Waals surface area contributed by atoms with Gasteiger partial charge in [-0.1, -0.05) is 12.8 Å². The Morgan fingerprint density at radius 2 is 1.85 bits per heavy atom. The minimum absolute atomic E-state index is 0.186. The fraction of sp³-hybridized carbons (Fsp3) is 0.727. The van der Waals surface area contributed by atoms with Crippen LogP contribution in [0.2, 0.25) is 0 Å². The van der Waals surface area contributed by atoms with Crippen molar-refractivity contribution in [2.75, 3.05) is 31.1 Å². The first-order chi connectivity index (χ1) is 15.7. The number of aliphatic carboxylic acids is 1. The van der Waals surface area contributed by atoms with E-state index in [1.807, 2.05) is 6.07 Å². The van der Waals surface area contributed by atoms with E-state index in [9.17, 15) is 18.0 Å². The average Bonchev–Trinajstić information content (AvgIpc) is 3.35. The minimum atomic E-state index is -5.08. The third kappa shape index (κ3) is 7.28. The Bertz CT molecular complexity index is 770. The van der Waals surface area contributed by atoms with Gasteiger partial charge in [0.25, 0.3) is 0 Å². The van der Waals surface area contributed by atoms with Crippen LogP contribution in [0.15, 0.2) is 18.6 Å². The lowest BCUT2D eigenvalue weighted by molar-refractivity contribution is -0.192. The number of carboxylic acids is 1. The van der Waals surface area contributed by atoms with Crippen LogP contribution in [0.25, 0.3) is 0 Å². The molecule has 184 valence electrons. The third-order valence-electron chi connectivity index (χ3n) is 6.81. The summed E-state index contributed by atoms with van der Waals surface area (Å²) < 4.78 is 37.9. The van der Waals surface area contributed by atoms with Gasteiger partial charge in [-0.25, -0.2) is 14.8 Å². The second-order valence-corrected chi connectivity index (χ2v) is 9.06. The van der Waals surface area contributed by atoms with Crippen molar-refractivity contribution in [1.29, 1.82) is 0 Å². The van der Waals surface area contributed by atoms with E-state index >= 15 is 0 Å². The molecule has 2 saturated heterocycles. The molecule has 2 N–H and O–H groups in total. The summed E-state index contributed by atoms with van der Waals surface area (Å²) in [6, 6.07) is 1.98. The van der Waals surface area contributed by atoms with Gasteiger partial charge in [-0.15, -0.1) is 0 Å². The van der Waals surface area contributed by atoms with E-state index in [0.717, 1.165) is 57.6 Å². The third-order valence-corrected chi connectivity index (χ3v) is 6.81. The molecule has 1 aliphatic carbocycles. The number of carboxylic acid groups (broad SMARTS) is 1. The zero-order chi connectivity index (χ0) is 23.9. The molecule has 1 spiro atoms. The lowest BCUT2D eigenvalue weighted by Gasteiger charge is -2.46. The number of nitrogens with one attached hydrogen (secondary N) is 1. The highest BCUT2D eigenvalue weighted by Gasteiger charge is 2.39. The lowest BCUT2D eigenvalue weighted by atomic mass is 9.73. The van der Waals surface area contributed by atoms with Crippen LogP contribution in [0.4, 0.5) is 19.0 Å². The second-order valence-electron chi connectivity index (χ2n) is 9.06. The predicted molar refractivity (Wildman–Crippen MR) is 114 cm³/mol. The molecule has 1 unspecified atom stereocenters. The smallest absolute Gasteiger partial charge is 0.475 e. The number of hydrogen-bond acceptors (Lipinski definition) is 6. The van der Waals surface area contributed by atoms with E-state index in [-0.39, 0.29) is 17.9 Å². The number of amides is 1. The van der Waals surface area contributed by atoms with E-state index in [1.54, 1.807) is 12.5 Å². The van der Waals surface area contributed by atoms with Gasteiger partial charge in [-0.3, -0.25) is 4.79 Å². The number of hydrogen-bond donors (Lipinski definition) is 2. The van der Waals surface area contributed by atoms with Crippen LogP contribution in [0, 0.1) is 11.3 Å². The quantitative estimate of drug-likeness (QED) is 0.694. The summed E-state index contributed by atoms with van der Waals surface area (Å²) in [6.45, 7) is 3.57. The van der Waals surface area contributed by atoms with E-state index in [4.69, 9.17) is 14.6 Å². The van der Waals surface area contributed by atoms with Gasteiger partial charge < -0.3 is 20.1 Å². The number of carbonyl (C=O) groups excluding carboxylic acids is 1. The van der Waals surface area contributed by atoms with Crippen molar-refractivity contribution in [2.45, 2.75) is 63.6 Å². The molecule has 3 aliphatic rings. The molecule has 1 aromatic heterocycles. The summed E-state index contributed by atoms with van der Waals surface area (Å²) >= 11 is 0. The monoisotopic (exact) mass is 472 g/mol. The molecule has 1 atom stereocenters. The molecule has 0 aromatic carbocycles. The number of nitrogens with zero attached hydrogens (tertiary/aromatic N) is 3. The predicted octanol–water partition coefficient (Wildman–Crippen LogP) is 3.18. The van der Waals surface area contributed by atoms with Gasteiger partial charge >= 0.3 is 12.1 Å². The van der Waals surface area contributed by atoms with Crippen molar-refractivity contribution in [1.82, 2.24) is 15.3 Å². The van der Waals surface area contributed by atoms with Gasteiger partial charge in [-0.05, 0) is 50.0 Å². The first kappa shape index (κ1) is 25.2. The minimum Gasteiger partial charge on any atom is -0.475 e. The number of rotatable bonds is 4. The first-order valence-electron chi connectivity index (χ1n) is 11.4. The van der Waals surface area contributed by atoms with E-state index in [1.165, 1.54) is 19.3 Å². The normalized spacial score (nSPS) is 23.0. The zero-order valence-corrected chi connectivity index (χ0v) is 18.5. The maximum atomic E-state index is 12.2. The molecule has 3 fully saturated rings. The molecule has 1 amide bonds. The maximum absolute atomic E-state index is 12.2. The molecule has 0 bridgehead atoms. The lowest BCUT2D eigenvalue weighted by Crippen LogP contribution is -2.48. The fourth-order valence-corrected chi connectivity index (χ4v) is 4.70. The Kier molecular flexibility index (Phi) is 8.50. The van der Waals surface area contributed by atoms with E-state index < -0.39 is 12.1 Å². The van der Waals surface area contributed by atoms with Crippen LogP contribution in [-0.4, -0.2) is 65.5 Å². The number of piperidine rings is 1. The van der Waals surface area contributed by atoms with Crippen LogP contribution in [0.5, 0.6) is 0 Å². The van der Waals surface area contributed by atoms with Gasteiger partial charge in [0, 0.05) is 31.7 Å². The summed E-state index contributed by atoms with van der Waals surface area (Å²) in [7, 11) is 0. The molecular weight excluding hydrogens is 441 g/mol. The molecule has 1 saturated carbocycles. The van der Waals surface area contributed by atoms with Crippen LogP contribution < -0.4 is 10.2 Å². The van der Waals surface area contributed by atoms with Crippen molar-refractivity contribution < 1.29 is 32.6 Å². The highest BCUT2D eigenvalue weighted by Crippen LogP contribution is 2.41. The van der Waals surface area contributed by atoms with Gasteiger partial charge in [0.1, 0.15) is 12.1 Å². The molecule has 1 aromatic rings. The van der Waals surface area contributed by atoms with Crippen molar-refractivity contribution >= 4 is 17.7 Å². The number of aromatic nitrogens is 2. The fourth-order valence-electron chi connectivity index (χ4n) is 4.70. The number of halogens is 3. The van der Waals surface area contributed by atoms with Crippen LogP contribution in [0.3, 0.4) is 0 Å². The highest BCUT2D eigenvalue weighted by atomic mass is 19.4. The molecular formula is C22H31F3N4O4. The number of ether oxygens (including phenoxy) is 1. The van der Waals surface area contributed by atoms with Gasteiger partial charge in [-0.2, -0.15) is 13.2 Å². The average molecular weight is 473 g/mol. The van der Waals surface area contributed by atoms with Crippen LogP contribution >= 0.6 is 0 Å². The number of carbonyl (C=O) groups is 2. The Hall–Kier alpha value is -2.43. The summed E-state index contributed by atoms with van der Waals surface area (Å²) in [6.07, 6.45) is 7.61. The zero-order valence-electron chi connectivity index (χ0n) is 18.5. The topological polar surface area (TPSA) is 105 Å². The Balaban J connectivity index is 0.000000383. The Morgan fingerprint density at radius 1 is 1.18 bits per heavy atom. The first-order valence-corrected chi connectivity index (χ1v) is 11.4. The van der Waals surface area contributed by atoms with Gasteiger partial charge in [0.15, 0.2) is 0 Å². The summed E-state index contributed by atoms with van der Waals surface area (Å²) in [5.74, 6) is -1.24. The number of anilines is 1. The van der Waals surface area contributed by atoms with Crippen LogP contribution in [-0.2, 0) is 14.3 Å². The summed E-state index contributed by atoms with van der Waals surface area (Å²) in [5, 5.41) is 10.3. The molecule has 33 heavy (non-hydrogen) atoms. The van der Waals surface area contributed by atoms with Crippen molar-refractivity contribution in [3.05, 3.63) is 18.6 Å². The van der Waals surface area contributed by atoms with Gasteiger partial charge in [0.05, 0.1) is 12.7 Å². The Morgan fingerprint density at radius 3 is 2.36 bits per heavy atom. The second kappa shape index (κ2) is 11.1. The Labute approximate surface area is 190 Å². The summed E-state index contributed by atoms with van der Waals surface area (Å²) in [4.78, 5) is 31.8. The number of alkyl halides is 3. The molecule has 3 heterocycles. The molecule has 8 nitrogen and oxygen atoms in total. The van der Waals surface area contributed by atoms with E-state index in [0.29, 0.717) is 12.0 Å². The highest BCUT2D eigenvalue weighted by molar-refractivity contribution is 5.78. The SMILES string of the molecule is O=C(NCC1CCC2(CCN(c3ccncn3)CC2)CO1)C1CCCC1.O=C(O)C(F)(F)F. The van der Waals surface area contributed by atoms with Crippen molar-refractivity contribution in [2.24, 2.45) is 11.3 Å². The molecule has 11 heteroatoms. The molecule has 0 radical (unpaired) electrons. The maximum Gasteiger partial charge on any atom is 0.490 e.